The number of sulfone groups is 1. The molecule has 0 fully saturated rings. The number of hydrogen-bond donors (Lipinski definition) is 1. The second-order valence-electron chi connectivity index (χ2n) is 8.47. The van der Waals surface area contributed by atoms with Crippen LogP contribution < -0.4 is 5.73 Å². The van der Waals surface area contributed by atoms with E-state index in [0.29, 0.717) is 22.7 Å². The summed E-state index contributed by atoms with van der Waals surface area (Å²) in [4.78, 5) is 21.4. The molecule has 31 heavy (non-hydrogen) atoms. The molecule has 0 saturated heterocycles. The Morgan fingerprint density at radius 1 is 1.26 bits per heavy atom. The van der Waals surface area contributed by atoms with Crippen LogP contribution >= 0.6 is 11.6 Å². The Morgan fingerprint density at radius 3 is 2.55 bits per heavy atom. The highest BCUT2D eigenvalue weighted by atomic mass is 35.5. The van der Waals surface area contributed by atoms with Crippen molar-refractivity contribution < 1.29 is 17.6 Å². The number of aliphatic imine (C=N–C) groups is 1. The van der Waals surface area contributed by atoms with Gasteiger partial charge in [-0.05, 0) is 56.5 Å². The first kappa shape index (κ1) is 23.3. The lowest BCUT2D eigenvalue weighted by atomic mass is 9.90. The van der Waals surface area contributed by atoms with Crippen LogP contribution in [0.25, 0.3) is 0 Å². The molecule has 0 spiro atoms. The molecule has 0 aliphatic carbocycles. The van der Waals surface area contributed by atoms with Crippen LogP contribution in [0.2, 0.25) is 5.02 Å². The third kappa shape index (κ3) is 4.23. The van der Waals surface area contributed by atoms with Gasteiger partial charge < -0.3 is 5.73 Å². The number of pyridine rings is 1. The Hall–Kier alpha value is -2.32. The van der Waals surface area contributed by atoms with Gasteiger partial charge in [0, 0.05) is 18.2 Å². The Balaban J connectivity index is 2.00. The number of halogens is 2. The van der Waals surface area contributed by atoms with Gasteiger partial charge >= 0.3 is 0 Å². The summed E-state index contributed by atoms with van der Waals surface area (Å²) in [5.41, 5.74) is 6.22. The third-order valence-electron chi connectivity index (χ3n) is 5.79. The number of Topliss-reactive ketones (excluding diaryl/α,β-unsaturated/α-hetero) is 1. The van der Waals surface area contributed by atoms with E-state index in [1.807, 2.05) is 6.92 Å². The second-order valence-corrected chi connectivity index (χ2v) is 11.4. The minimum atomic E-state index is -3.69. The molecule has 2 N–H and O–H groups in total. The number of nitrogens with two attached hydrogens (primary N) is 1. The van der Waals surface area contributed by atoms with Crippen LogP contribution in [0, 0.1) is 5.82 Å². The number of carbonyl (C=O) groups is 1. The smallest absolute Gasteiger partial charge is 0.185 e. The summed E-state index contributed by atoms with van der Waals surface area (Å²) < 4.78 is 39.1. The zero-order chi connectivity index (χ0) is 23.2. The largest absolute Gasteiger partial charge is 0.386 e. The first-order chi connectivity index (χ1) is 14.3. The standard InChI is InChI=1S/C22H25ClFN3O3S/c1-5-14-10-15(23)11-26-19(14)18(28)9-13-6-7-17(24)16(8-13)22(4)12-31(29,30)21(2,3)20(25)27-22/h6-8,10-11H,5,9,12H2,1-4H3,(H2,25,27)/t22-/m0/s1. The Labute approximate surface area is 186 Å². The van der Waals surface area contributed by atoms with Gasteiger partial charge in [-0.1, -0.05) is 24.6 Å². The molecule has 0 saturated carbocycles. The summed E-state index contributed by atoms with van der Waals surface area (Å²) in [6.07, 6.45) is 1.97. The van der Waals surface area contributed by atoms with Crippen molar-refractivity contribution >= 4 is 33.1 Å². The third-order valence-corrected chi connectivity index (χ3v) is 8.70. The fraction of sp³-hybridized carbons (Fsp3) is 0.409. The molecule has 1 aliphatic rings. The van der Waals surface area contributed by atoms with E-state index in [1.165, 1.54) is 45.2 Å². The molecule has 0 unspecified atom stereocenters. The first-order valence-electron chi connectivity index (χ1n) is 9.85. The summed E-state index contributed by atoms with van der Waals surface area (Å²) in [5, 5.41) is 0.447. The number of nitrogens with zero attached hydrogens (tertiary/aromatic N) is 2. The monoisotopic (exact) mass is 465 g/mol. The number of hydrogen-bond acceptors (Lipinski definition) is 6. The van der Waals surface area contributed by atoms with E-state index in [4.69, 9.17) is 17.3 Å². The molecule has 1 atom stereocenters. The van der Waals surface area contributed by atoms with Gasteiger partial charge in [0.1, 0.15) is 27.6 Å². The molecule has 0 bridgehead atoms. The predicted octanol–water partition coefficient (Wildman–Crippen LogP) is 3.64. The first-order valence-corrected chi connectivity index (χ1v) is 11.9. The Bertz CT molecular complexity index is 1190. The molecule has 1 aromatic heterocycles. The van der Waals surface area contributed by atoms with Gasteiger partial charge in [-0.2, -0.15) is 0 Å². The molecule has 166 valence electrons. The predicted molar refractivity (Wildman–Crippen MR) is 120 cm³/mol. The van der Waals surface area contributed by atoms with Crippen molar-refractivity contribution in [1.29, 1.82) is 0 Å². The number of aryl methyl sites for hydroxylation is 1. The van der Waals surface area contributed by atoms with Gasteiger partial charge in [0.05, 0.1) is 10.8 Å². The summed E-state index contributed by atoms with van der Waals surface area (Å²) >= 11 is 5.97. The molecule has 9 heteroatoms. The number of rotatable bonds is 5. The number of ketones is 1. The highest BCUT2D eigenvalue weighted by molar-refractivity contribution is 7.93. The maximum Gasteiger partial charge on any atom is 0.185 e. The van der Waals surface area contributed by atoms with E-state index in [1.54, 1.807) is 6.07 Å². The topological polar surface area (TPSA) is 102 Å². The minimum absolute atomic E-state index is 0.0254. The van der Waals surface area contributed by atoms with Crippen LogP contribution in [-0.2, 0) is 28.2 Å². The lowest BCUT2D eigenvalue weighted by molar-refractivity contribution is 0.0987. The summed E-state index contributed by atoms with van der Waals surface area (Å²) in [6, 6.07) is 5.90. The molecule has 3 rings (SSSR count). The summed E-state index contributed by atoms with van der Waals surface area (Å²) in [6.45, 7) is 6.40. The maximum absolute atomic E-state index is 14.8. The van der Waals surface area contributed by atoms with Crippen LogP contribution in [0.15, 0.2) is 35.5 Å². The number of amidine groups is 1. The van der Waals surface area contributed by atoms with Crippen molar-refractivity contribution in [2.75, 3.05) is 5.75 Å². The fourth-order valence-corrected chi connectivity index (χ4v) is 5.51. The van der Waals surface area contributed by atoms with E-state index in [2.05, 4.69) is 9.98 Å². The van der Waals surface area contributed by atoms with Crippen LogP contribution in [0.3, 0.4) is 0 Å². The lowest BCUT2D eigenvalue weighted by Crippen LogP contribution is -2.55. The molecule has 2 aromatic rings. The molecule has 0 amide bonds. The number of benzene rings is 1. The van der Waals surface area contributed by atoms with Crippen LogP contribution in [0.4, 0.5) is 4.39 Å². The van der Waals surface area contributed by atoms with Crippen LogP contribution in [-0.4, -0.2) is 35.5 Å². The fourth-order valence-electron chi connectivity index (χ4n) is 3.65. The van der Waals surface area contributed by atoms with Crippen molar-refractivity contribution in [1.82, 2.24) is 4.98 Å². The van der Waals surface area contributed by atoms with Crippen LogP contribution in [0.5, 0.6) is 0 Å². The van der Waals surface area contributed by atoms with E-state index in [9.17, 15) is 17.6 Å². The second kappa shape index (κ2) is 7.98. The normalized spacial score (nSPS) is 22.1. The summed E-state index contributed by atoms with van der Waals surface area (Å²) in [5.74, 6) is -1.30. The lowest BCUT2D eigenvalue weighted by Gasteiger charge is -2.38. The molecule has 1 aromatic carbocycles. The van der Waals surface area contributed by atoms with Crippen molar-refractivity contribution in [2.24, 2.45) is 10.7 Å². The zero-order valence-electron chi connectivity index (χ0n) is 17.9. The van der Waals surface area contributed by atoms with Crippen molar-refractivity contribution in [3.63, 3.8) is 0 Å². The quantitative estimate of drug-likeness (QED) is 0.679. The van der Waals surface area contributed by atoms with E-state index in [-0.39, 0.29) is 29.4 Å². The van der Waals surface area contributed by atoms with Gasteiger partial charge in [0.25, 0.3) is 0 Å². The van der Waals surface area contributed by atoms with E-state index in [0.717, 1.165) is 5.56 Å². The van der Waals surface area contributed by atoms with Crippen molar-refractivity contribution in [3.8, 4) is 0 Å². The average molecular weight is 466 g/mol. The molecule has 6 nitrogen and oxygen atoms in total. The van der Waals surface area contributed by atoms with Gasteiger partial charge in [0.2, 0.25) is 0 Å². The summed E-state index contributed by atoms with van der Waals surface area (Å²) in [7, 11) is -3.69. The average Bonchev–Trinajstić information content (AvgIpc) is 2.67. The molecular formula is C22H25ClFN3O3S. The van der Waals surface area contributed by atoms with Gasteiger partial charge in [-0.25, -0.2) is 12.8 Å². The highest BCUT2D eigenvalue weighted by Gasteiger charge is 2.49. The maximum atomic E-state index is 14.8. The van der Waals surface area contributed by atoms with Crippen molar-refractivity contribution in [2.45, 2.75) is 50.8 Å². The number of aromatic nitrogens is 1. The van der Waals surface area contributed by atoms with Gasteiger partial charge in [0.15, 0.2) is 15.6 Å². The minimum Gasteiger partial charge on any atom is -0.386 e. The highest BCUT2D eigenvalue weighted by Crippen LogP contribution is 2.38. The molecular weight excluding hydrogens is 441 g/mol. The van der Waals surface area contributed by atoms with Crippen LogP contribution in [0.1, 0.15) is 54.9 Å². The molecule has 0 radical (unpaired) electrons. The Morgan fingerprint density at radius 2 is 1.94 bits per heavy atom. The van der Waals surface area contributed by atoms with E-state index < -0.39 is 25.9 Å². The van der Waals surface area contributed by atoms with E-state index >= 15 is 0 Å². The zero-order valence-corrected chi connectivity index (χ0v) is 19.4. The van der Waals surface area contributed by atoms with Gasteiger partial charge in [-0.15, -0.1) is 0 Å². The SMILES string of the molecule is CCc1cc(Cl)cnc1C(=O)Cc1ccc(F)c([C@]2(C)CS(=O)(=O)C(C)(C)C(N)=N2)c1. The Kier molecular flexibility index (Phi) is 6.01. The number of carbonyl (C=O) groups excluding carboxylic acids is 1. The molecule has 2 heterocycles. The van der Waals surface area contributed by atoms with Crippen molar-refractivity contribution in [3.05, 3.63) is 63.7 Å². The molecule has 1 aliphatic heterocycles. The van der Waals surface area contributed by atoms with Gasteiger partial charge in [-0.3, -0.25) is 14.8 Å².